The number of benzene rings is 3. The lowest BCUT2D eigenvalue weighted by atomic mass is 9.83. The maximum Gasteiger partial charge on any atom is 0.418 e. The van der Waals surface area contributed by atoms with Crippen molar-refractivity contribution in [3.63, 3.8) is 0 Å². The highest BCUT2D eigenvalue weighted by Gasteiger charge is 2.57. The van der Waals surface area contributed by atoms with Crippen LogP contribution in [-0.4, -0.2) is 40.1 Å². The lowest BCUT2D eigenvalue weighted by Gasteiger charge is -2.30. The molecule has 1 fully saturated rings. The van der Waals surface area contributed by atoms with E-state index in [4.69, 9.17) is 4.74 Å². The number of thioether (sulfide) groups is 1. The molecule has 2 aliphatic rings. The monoisotopic (exact) mass is 745 g/mol. The zero-order valence-corrected chi connectivity index (χ0v) is 27.5. The van der Waals surface area contributed by atoms with Crippen molar-refractivity contribution in [3.8, 4) is 0 Å². The number of ether oxygens (including phenoxy) is 1. The van der Waals surface area contributed by atoms with E-state index < -0.39 is 69.6 Å². The van der Waals surface area contributed by atoms with Gasteiger partial charge >= 0.3 is 17.0 Å². The van der Waals surface area contributed by atoms with Crippen LogP contribution in [0.3, 0.4) is 0 Å². The molecule has 1 aromatic heterocycles. The average molecular weight is 747 g/mol. The van der Waals surface area contributed by atoms with Gasteiger partial charge in [-0.15, -0.1) is 0 Å². The van der Waals surface area contributed by atoms with E-state index in [1.165, 1.54) is 41.0 Å². The first kappa shape index (κ1) is 32.7. The van der Waals surface area contributed by atoms with E-state index in [9.17, 15) is 37.1 Å². The molecule has 0 unspecified atom stereocenters. The van der Waals surface area contributed by atoms with Crippen LogP contribution in [0.2, 0.25) is 0 Å². The molecular weight excluding hydrogens is 723 g/mol. The van der Waals surface area contributed by atoms with Gasteiger partial charge in [-0.25, -0.2) is 9.69 Å². The van der Waals surface area contributed by atoms with Gasteiger partial charge in [0.1, 0.15) is 11.8 Å². The Morgan fingerprint density at radius 2 is 1.70 bits per heavy atom. The topological polar surface area (TPSA) is 115 Å². The van der Waals surface area contributed by atoms with Crippen LogP contribution in [0.5, 0.6) is 0 Å². The molecule has 0 spiro atoms. The highest BCUT2D eigenvalue weighted by atomic mass is 79.9. The van der Waals surface area contributed by atoms with Gasteiger partial charge in [-0.3, -0.25) is 23.7 Å². The molecule has 15 heteroatoms. The second kappa shape index (κ2) is 12.8. The van der Waals surface area contributed by atoms with Crippen LogP contribution in [0.25, 0.3) is 0 Å². The summed E-state index contributed by atoms with van der Waals surface area (Å²) in [6, 6.07) is 17.3. The highest BCUT2D eigenvalue weighted by Crippen LogP contribution is 2.54. The van der Waals surface area contributed by atoms with Gasteiger partial charge in [-0.1, -0.05) is 63.3 Å². The van der Waals surface area contributed by atoms with Gasteiger partial charge in [-0.2, -0.15) is 13.2 Å². The molecule has 3 aromatic carbocycles. The molecule has 0 bridgehead atoms. The van der Waals surface area contributed by atoms with Gasteiger partial charge < -0.3 is 10.1 Å². The number of carbonyl (C=O) groups excluding carboxylic acids is 4. The Kier molecular flexibility index (Phi) is 8.89. The maximum absolute atomic E-state index is 14.0. The van der Waals surface area contributed by atoms with Gasteiger partial charge in [0.15, 0.2) is 0 Å². The van der Waals surface area contributed by atoms with Crippen molar-refractivity contribution in [3.05, 3.63) is 109 Å². The van der Waals surface area contributed by atoms with E-state index in [2.05, 4.69) is 21.2 Å². The molecule has 9 nitrogen and oxygen atoms in total. The van der Waals surface area contributed by atoms with E-state index in [1.54, 1.807) is 31.2 Å². The minimum absolute atomic E-state index is 0.206. The number of carbonyl (C=O) groups is 4. The smallest absolute Gasteiger partial charge is 0.418 e. The Bertz CT molecular complexity index is 1980. The number of halogens is 4. The predicted octanol–water partition coefficient (Wildman–Crippen LogP) is 6.30. The molecule has 1 N–H and O–H groups in total. The standard InChI is InChI=1S/C32H23BrF3N3O6S2/c1-2-45-30(43)16-10-12-19(13-11-16)37-22(40)15-38-29-26(47-31(38)44)23(17-6-5-7-18(33)14-17)24-25(46-29)28(42)39(27(24)41)21-9-4-3-8-20(21)32(34,35)36/h3-14,23-25H,2,15H2,1H3,(H,37,40)/t23-,24-,25+/m0/s1. The molecule has 0 saturated carbocycles. The third kappa shape index (κ3) is 6.14. The van der Waals surface area contributed by atoms with Crippen molar-refractivity contribution in [2.45, 2.75) is 35.8 Å². The number of nitrogens with one attached hydrogen (secondary N) is 1. The molecule has 6 rings (SSSR count). The quantitative estimate of drug-likeness (QED) is 0.174. The van der Waals surface area contributed by atoms with E-state index in [-0.39, 0.29) is 11.6 Å². The predicted molar refractivity (Wildman–Crippen MR) is 173 cm³/mol. The maximum atomic E-state index is 14.0. The number of rotatable bonds is 7. The Hall–Kier alpha value is -4.21. The average Bonchev–Trinajstić information content (AvgIpc) is 3.47. The van der Waals surface area contributed by atoms with Crippen LogP contribution in [-0.2, 0) is 31.8 Å². The van der Waals surface area contributed by atoms with Crippen LogP contribution >= 0.6 is 39.0 Å². The minimum atomic E-state index is -4.83. The summed E-state index contributed by atoms with van der Waals surface area (Å²) in [5.41, 5.74) is -0.465. The van der Waals surface area contributed by atoms with Crippen molar-refractivity contribution in [1.82, 2.24) is 4.57 Å². The van der Waals surface area contributed by atoms with Crippen molar-refractivity contribution < 1.29 is 37.1 Å². The molecule has 2 aliphatic heterocycles. The van der Waals surface area contributed by atoms with E-state index in [0.717, 1.165) is 35.2 Å². The molecule has 3 atom stereocenters. The summed E-state index contributed by atoms with van der Waals surface area (Å²) < 4.78 is 48.8. The molecule has 0 radical (unpaired) electrons. The fraction of sp³-hybridized carbons (Fsp3) is 0.219. The summed E-state index contributed by atoms with van der Waals surface area (Å²) in [6.45, 7) is 1.45. The lowest BCUT2D eigenvalue weighted by Crippen LogP contribution is -2.33. The number of thiazole rings is 1. The third-order valence-electron chi connectivity index (χ3n) is 7.69. The first-order chi connectivity index (χ1) is 22.4. The van der Waals surface area contributed by atoms with E-state index in [0.29, 0.717) is 31.1 Å². The van der Waals surface area contributed by atoms with Gasteiger partial charge in [0, 0.05) is 21.0 Å². The summed E-state index contributed by atoms with van der Waals surface area (Å²) in [5, 5.41) is 1.79. The molecule has 242 valence electrons. The van der Waals surface area contributed by atoms with Crippen LogP contribution in [0.1, 0.15) is 39.2 Å². The molecule has 47 heavy (non-hydrogen) atoms. The number of aromatic nitrogens is 1. The van der Waals surface area contributed by atoms with Crippen LogP contribution < -0.4 is 15.1 Å². The third-order valence-corrected chi connectivity index (χ3v) is 10.8. The van der Waals surface area contributed by atoms with Crippen LogP contribution in [0.15, 0.2) is 87.1 Å². The number of esters is 1. The Balaban J connectivity index is 1.36. The first-order valence-electron chi connectivity index (χ1n) is 14.2. The molecule has 3 heterocycles. The fourth-order valence-corrected chi connectivity index (χ4v) is 8.90. The SMILES string of the molecule is CCOC(=O)c1ccc(NC(=O)Cn2c3c(sc2=O)[C@@H](c2cccc(Br)c2)[C@@H]2C(=O)N(c4ccccc4C(F)(F)F)C(=O)[C@@H]2S3)cc1. The van der Waals surface area contributed by atoms with Gasteiger partial charge in [0.05, 0.1) is 34.4 Å². The minimum Gasteiger partial charge on any atom is -0.462 e. The van der Waals surface area contributed by atoms with Crippen LogP contribution in [0, 0.1) is 5.92 Å². The van der Waals surface area contributed by atoms with Crippen molar-refractivity contribution >= 4 is 74.1 Å². The first-order valence-corrected chi connectivity index (χ1v) is 16.6. The summed E-state index contributed by atoms with van der Waals surface area (Å²) in [5.74, 6) is -4.72. The second-order valence-electron chi connectivity index (χ2n) is 10.6. The van der Waals surface area contributed by atoms with Crippen molar-refractivity contribution in [2.24, 2.45) is 5.92 Å². The Morgan fingerprint density at radius 1 is 0.979 bits per heavy atom. The molecule has 4 aromatic rings. The summed E-state index contributed by atoms with van der Waals surface area (Å²) >= 11 is 5.13. The number of nitrogens with zero attached hydrogens (tertiary/aromatic N) is 2. The number of hydrogen-bond acceptors (Lipinski definition) is 8. The lowest BCUT2D eigenvalue weighted by molar-refractivity contribution is -0.137. The Labute approximate surface area is 281 Å². The molecular formula is C32H23BrF3N3O6S2. The number of alkyl halides is 3. The Morgan fingerprint density at radius 3 is 2.38 bits per heavy atom. The fourth-order valence-electron chi connectivity index (χ4n) is 5.71. The van der Waals surface area contributed by atoms with Crippen LogP contribution in [0.4, 0.5) is 24.5 Å². The normalized spacial score (nSPS) is 18.9. The van der Waals surface area contributed by atoms with E-state index >= 15 is 0 Å². The zero-order chi connectivity index (χ0) is 33.6. The highest BCUT2D eigenvalue weighted by molar-refractivity contribution is 9.10. The molecule has 3 amide bonds. The summed E-state index contributed by atoms with van der Waals surface area (Å²) in [6.07, 6.45) is -4.83. The number of hydrogen-bond donors (Lipinski definition) is 1. The number of para-hydroxylation sites is 1. The number of fused-ring (bicyclic) bond motifs is 2. The molecule has 0 aliphatic carbocycles. The number of amides is 3. The van der Waals surface area contributed by atoms with Gasteiger partial charge in [0.2, 0.25) is 17.7 Å². The zero-order valence-electron chi connectivity index (χ0n) is 24.2. The van der Waals surface area contributed by atoms with Gasteiger partial charge in [0.25, 0.3) is 0 Å². The van der Waals surface area contributed by atoms with Crippen molar-refractivity contribution in [1.29, 1.82) is 0 Å². The summed E-state index contributed by atoms with van der Waals surface area (Å²) in [4.78, 5) is 66.9. The molecule has 1 saturated heterocycles. The number of anilines is 2. The van der Waals surface area contributed by atoms with Gasteiger partial charge in [-0.05, 0) is 61.0 Å². The second-order valence-corrected chi connectivity index (χ2v) is 13.6. The van der Waals surface area contributed by atoms with Crippen molar-refractivity contribution in [2.75, 3.05) is 16.8 Å². The number of imide groups is 1. The van der Waals surface area contributed by atoms with E-state index in [1.807, 2.05) is 0 Å². The largest absolute Gasteiger partial charge is 0.462 e. The summed E-state index contributed by atoms with van der Waals surface area (Å²) in [7, 11) is 0.